The van der Waals surface area contributed by atoms with Gasteiger partial charge in [0.25, 0.3) is 20.2 Å². The van der Waals surface area contributed by atoms with Crippen LogP contribution >= 0.6 is 0 Å². The van der Waals surface area contributed by atoms with Gasteiger partial charge in [-0.25, -0.2) is 4.79 Å². The lowest BCUT2D eigenvalue weighted by atomic mass is 10.1. The maximum atomic E-state index is 13.9. The van der Waals surface area contributed by atoms with E-state index in [2.05, 4.69) is 46.4 Å². The molecule has 8 N–H and O–H groups in total. The van der Waals surface area contributed by atoms with Crippen molar-refractivity contribution in [2.75, 3.05) is 29.7 Å². The molecule has 226 valence electrons. The Morgan fingerprint density at radius 3 is 2.26 bits per heavy atom. The van der Waals surface area contributed by atoms with Crippen molar-refractivity contribution in [2.24, 2.45) is 16.0 Å². The largest absolute Gasteiger partial charge is 0.351 e. The summed E-state index contributed by atoms with van der Waals surface area (Å²) in [5.74, 6) is -0.257. The van der Waals surface area contributed by atoms with Crippen molar-refractivity contribution in [1.29, 1.82) is 0 Å². The van der Waals surface area contributed by atoms with Crippen LogP contribution in [0.3, 0.4) is 0 Å². The number of rotatable bonds is 10. The van der Waals surface area contributed by atoms with Crippen LogP contribution in [0.15, 0.2) is 62.5 Å². The van der Waals surface area contributed by atoms with Gasteiger partial charge in [-0.15, -0.1) is 10.2 Å². The number of nitrogens with two attached hydrogens (primary N) is 1. The lowest BCUT2D eigenvalue weighted by Crippen LogP contribution is -2.19. The predicted molar refractivity (Wildman–Crippen MR) is 153 cm³/mol. The highest BCUT2D eigenvalue weighted by Crippen LogP contribution is 2.36. The molecular weight excluding hydrogens is 611 g/mol. The summed E-state index contributed by atoms with van der Waals surface area (Å²) in [6, 6.07) is 7.63. The standard InChI is InChI=1S/C23H23FN10O7S2/c1-11-5-12-7-19(43(39,40)41)17(9-14(12)18(6-11)42(36,37)38)34-33-15-4-3-13(8-16(15)29-21(25)35)28-23-31-20(24)30-22(32-23)27-10-26-2/h3-9,26H,10H2,1-2H3,(H3,25,29,35)(H,36,37,38)(H,39,40,41)(H2,27,28,30,31,32). The topological polar surface area (TPSA) is 263 Å². The molecule has 0 saturated carbocycles. The number of azo groups is 1. The minimum atomic E-state index is -4.90. The van der Waals surface area contributed by atoms with Crippen LogP contribution in [-0.2, 0) is 20.2 Å². The second kappa shape index (κ2) is 12.1. The van der Waals surface area contributed by atoms with Gasteiger partial charge in [0.15, 0.2) is 0 Å². The zero-order chi connectivity index (χ0) is 31.5. The highest BCUT2D eigenvalue weighted by atomic mass is 32.2. The molecule has 2 amide bonds. The minimum absolute atomic E-state index is 0.0484. The van der Waals surface area contributed by atoms with E-state index >= 15 is 0 Å². The van der Waals surface area contributed by atoms with Crippen molar-refractivity contribution in [3.8, 4) is 0 Å². The Bertz CT molecular complexity index is 1990. The summed E-state index contributed by atoms with van der Waals surface area (Å²) in [7, 11) is -7.99. The lowest BCUT2D eigenvalue weighted by Gasteiger charge is -2.11. The molecule has 0 saturated heterocycles. The number of anilines is 4. The number of aromatic nitrogens is 3. The van der Waals surface area contributed by atoms with Crippen LogP contribution in [0.25, 0.3) is 10.8 Å². The first-order valence-corrected chi connectivity index (χ1v) is 14.7. The Labute approximate surface area is 243 Å². The molecule has 0 bridgehead atoms. The molecule has 0 unspecified atom stereocenters. The number of fused-ring (bicyclic) bond motifs is 1. The van der Waals surface area contributed by atoms with Crippen LogP contribution in [0.1, 0.15) is 5.56 Å². The van der Waals surface area contributed by atoms with Crippen molar-refractivity contribution in [3.05, 3.63) is 54.1 Å². The number of carbonyl (C=O) groups excluding carboxylic acids is 1. The number of halogens is 1. The Kier molecular flexibility index (Phi) is 8.77. The third-order valence-corrected chi connectivity index (χ3v) is 7.28. The highest BCUT2D eigenvalue weighted by Gasteiger charge is 2.22. The quantitative estimate of drug-likeness (QED) is 0.0751. The van der Waals surface area contributed by atoms with Crippen LogP contribution in [0.2, 0.25) is 0 Å². The van der Waals surface area contributed by atoms with Gasteiger partial charge in [0, 0.05) is 11.1 Å². The van der Waals surface area contributed by atoms with Crippen molar-refractivity contribution in [1.82, 2.24) is 20.3 Å². The van der Waals surface area contributed by atoms with E-state index in [1.54, 1.807) is 7.05 Å². The molecular formula is C23H23FN10O7S2. The molecule has 1 heterocycles. The molecule has 0 radical (unpaired) electrons. The van der Waals surface area contributed by atoms with Crippen molar-refractivity contribution in [3.63, 3.8) is 0 Å². The van der Waals surface area contributed by atoms with Gasteiger partial charge in [0.2, 0.25) is 11.9 Å². The first kappa shape index (κ1) is 31.1. The van der Waals surface area contributed by atoms with Gasteiger partial charge in [0.1, 0.15) is 21.2 Å². The third kappa shape index (κ3) is 7.69. The number of amides is 2. The normalized spacial score (nSPS) is 12.0. The van der Waals surface area contributed by atoms with Crippen molar-refractivity contribution in [2.45, 2.75) is 16.7 Å². The van der Waals surface area contributed by atoms with Crippen molar-refractivity contribution < 1.29 is 35.1 Å². The SMILES string of the molecule is CNCNc1nc(F)nc(Nc2ccc(N=Nc3cc4c(S(=O)(=O)O)cc(C)cc4cc3S(=O)(=O)O)c(NC(N)=O)c2)n1. The first-order valence-electron chi connectivity index (χ1n) is 11.9. The van der Waals surface area contributed by atoms with Gasteiger partial charge in [-0.05, 0) is 61.3 Å². The Balaban J connectivity index is 1.78. The fourth-order valence-electron chi connectivity index (χ4n) is 3.81. The molecule has 0 fully saturated rings. The summed E-state index contributed by atoms with van der Waals surface area (Å²) in [5, 5.41) is 18.3. The molecule has 17 nitrogen and oxygen atoms in total. The summed E-state index contributed by atoms with van der Waals surface area (Å²) in [6.45, 7) is 1.76. The number of urea groups is 1. The summed E-state index contributed by atoms with van der Waals surface area (Å²) in [5.41, 5.74) is 5.28. The molecule has 0 aliphatic heterocycles. The molecule has 4 aromatic rings. The smallest absolute Gasteiger partial charge is 0.316 e. The zero-order valence-corrected chi connectivity index (χ0v) is 23.8. The number of carbonyl (C=O) groups is 1. The molecule has 20 heteroatoms. The van der Waals surface area contributed by atoms with E-state index in [0.29, 0.717) is 5.56 Å². The van der Waals surface area contributed by atoms with Gasteiger partial charge in [-0.1, -0.05) is 6.07 Å². The maximum absolute atomic E-state index is 13.9. The van der Waals surface area contributed by atoms with E-state index in [0.717, 1.165) is 12.1 Å². The number of nitrogens with one attached hydrogen (secondary N) is 4. The van der Waals surface area contributed by atoms with Crippen LogP contribution < -0.4 is 27.0 Å². The second-order valence-electron chi connectivity index (χ2n) is 8.76. The highest BCUT2D eigenvalue weighted by molar-refractivity contribution is 7.86. The Hall–Kier alpha value is -4.89. The van der Waals surface area contributed by atoms with Crippen LogP contribution in [0.5, 0.6) is 0 Å². The number of aryl methyl sites for hydroxylation is 1. The Morgan fingerprint density at radius 2 is 1.60 bits per heavy atom. The molecule has 0 aliphatic rings. The van der Waals surface area contributed by atoms with Crippen LogP contribution in [0.4, 0.5) is 43.8 Å². The fraction of sp³-hybridized carbons (Fsp3) is 0.130. The molecule has 0 aliphatic carbocycles. The molecule has 4 rings (SSSR count). The number of benzene rings is 3. The average Bonchev–Trinajstić information content (AvgIpc) is 2.89. The Morgan fingerprint density at radius 1 is 0.930 bits per heavy atom. The minimum Gasteiger partial charge on any atom is -0.351 e. The first-order chi connectivity index (χ1) is 20.1. The van der Waals surface area contributed by atoms with E-state index in [1.807, 2.05) is 0 Å². The monoisotopic (exact) mass is 634 g/mol. The maximum Gasteiger partial charge on any atom is 0.316 e. The van der Waals surface area contributed by atoms with E-state index < -0.39 is 47.8 Å². The summed E-state index contributed by atoms with van der Waals surface area (Å²) >= 11 is 0. The number of hydrogen-bond donors (Lipinski definition) is 7. The average molecular weight is 635 g/mol. The van der Waals surface area contributed by atoms with Gasteiger partial charge in [-0.2, -0.15) is 36.2 Å². The summed E-state index contributed by atoms with van der Waals surface area (Å²) in [6.07, 6.45) is -1.07. The number of nitrogens with zero attached hydrogens (tertiary/aromatic N) is 5. The number of primary amides is 1. The fourth-order valence-corrected chi connectivity index (χ4v) is 5.24. The van der Waals surface area contributed by atoms with E-state index in [1.165, 1.54) is 37.3 Å². The van der Waals surface area contributed by atoms with Gasteiger partial charge in [-0.3, -0.25) is 9.11 Å². The molecule has 0 spiro atoms. The molecule has 1 aromatic heterocycles. The van der Waals surface area contributed by atoms with Crippen molar-refractivity contribution >= 4 is 71.7 Å². The summed E-state index contributed by atoms with van der Waals surface area (Å²) in [4.78, 5) is 21.5. The second-order valence-corrected chi connectivity index (χ2v) is 11.5. The van der Waals surface area contributed by atoms with E-state index in [9.17, 15) is 35.1 Å². The van der Waals surface area contributed by atoms with Gasteiger partial charge < -0.3 is 27.0 Å². The lowest BCUT2D eigenvalue weighted by molar-refractivity contribution is 0.259. The molecule has 0 atom stereocenters. The summed E-state index contributed by atoms with van der Waals surface area (Å²) < 4.78 is 81.8. The van der Waals surface area contributed by atoms with Crippen LogP contribution in [0, 0.1) is 13.0 Å². The van der Waals surface area contributed by atoms with Gasteiger partial charge in [0.05, 0.1) is 12.4 Å². The molecule has 3 aromatic carbocycles. The van der Waals surface area contributed by atoms with Crippen LogP contribution in [-0.4, -0.2) is 60.6 Å². The zero-order valence-electron chi connectivity index (χ0n) is 22.2. The van der Waals surface area contributed by atoms with Gasteiger partial charge >= 0.3 is 12.1 Å². The predicted octanol–water partition coefficient (Wildman–Crippen LogP) is 3.20. The van der Waals surface area contributed by atoms with E-state index in [4.69, 9.17) is 5.73 Å². The number of hydrogen-bond acceptors (Lipinski definition) is 13. The molecule has 43 heavy (non-hydrogen) atoms. The van der Waals surface area contributed by atoms with E-state index in [-0.39, 0.29) is 46.4 Å². The third-order valence-electron chi connectivity index (χ3n) is 5.50.